The lowest BCUT2D eigenvalue weighted by atomic mass is 10.4. The van der Waals surface area contributed by atoms with Gasteiger partial charge in [0, 0.05) is 27.3 Å². The van der Waals surface area contributed by atoms with Gasteiger partial charge >= 0.3 is 8.80 Å². The van der Waals surface area contributed by atoms with Crippen LogP contribution >= 0.6 is 0 Å². The van der Waals surface area contributed by atoms with Crippen LogP contribution in [0.5, 0.6) is 0 Å². The van der Waals surface area contributed by atoms with Gasteiger partial charge in [0.25, 0.3) is 0 Å². The fraction of sp³-hybridized carbons (Fsp3) is 0.500. The Balaban J connectivity index is -0.0000000701. The van der Waals surface area contributed by atoms with Crippen molar-refractivity contribution in [1.29, 1.82) is 0 Å². The van der Waals surface area contributed by atoms with Crippen LogP contribution in [0, 0.1) is 36.1 Å². The van der Waals surface area contributed by atoms with Gasteiger partial charge in [-0.1, -0.05) is 37.2 Å². The summed E-state index contributed by atoms with van der Waals surface area (Å²) in [5.41, 5.74) is 1.17. The van der Waals surface area contributed by atoms with Gasteiger partial charge in [-0.25, -0.2) is 0 Å². The molecule has 0 fully saturated rings. The molecule has 0 aliphatic carbocycles. The molecule has 7 heteroatoms. The molecule has 0 spiro atoms. The average Bonchev–Trinajstić information content (AvgIpc) is 2.42. The van der Waals surface area contributed by atoms with Gasteiger partial charge in [-0.15, -0.1) is 6.58 Å². The van der Waals surface area contributed by atoms with Crippen molar-refractivity contribution in [2.24, 2.45) is 0 Å². The summed E-state index contributed by atoms with van der Waals surface area (Å²) in [6.07, 6.45) is 7.30. The van der Waals surface area contributed by atoms with E-state index in [4.69, 9.17) is 13.3 Å². The zero-order valence-electron chi connectivity index (χ0n) is 15.4. The van der Waals surface area contributed by atoms with E-state index in [0.717, 1.165) is 0 Å². The number of rotatable bonds is 3. The molecule has 0 rings (SSSR count). The summed E-state index contributed by atoms with van der Waals surface area (Å²) in [5.74, 6) is 7.75. The first kappa shape index (κ1) is 37.3. The fourth-order valence-corrected chi connectivity index (χ4v) is 1.48. The Bertz CT molecular complexity index is 370. The van der Waals surface area contributed by atoms with Gasteiger partial charge in [-0.3, -0.25) is 0 Å². The van der Waals surface area contributed by atoms with Crippen molar-refractivity contribution >= 4 is 8.80 Å². The van der Waals surface area contributed by atoms with Crippen LogP contribution in [0.2, 0.25) is 6.55 Å². The maximum absolute atomic E-state index is 5.11. The monoisotopic (exact) mass is 348 g/mol. The topological polar surface area (TPSA) is 122 Å². The third-order valence-corrected chi connectivity index (χ3v) is 2.43. The summed E-state index contributed by atoms with van der Waals surface area (Å²) in [7, 11) is -2.83. The molecule has 0 bridgehead atoms. The lowest BCUT2D eigenvalue weighted by molar-refractivity contribution is 0.221. The van der Waals surface area contributed by atoms with Crippen molar-refractivity contribution in [1.82, 2.24) is 0 Å². The van der Waals surface area contributed by atoms with Crippen molar-refractivity contribution in [3.8, 4) is 36.1 Å². The average molecular weight is 349 g/mol. The second-order valence-corrected chi connectivity index (χ2v) is 5.77. The van der Waals surface area contributed by atoms with Crippen LogP contribution in [0.3, 0.4) is 0 Å². The molecule has 0 heterocycles. The minimum Gasteiger partial charge on any atom is -0.432 e. The minimum atomic E-state index is -2.83. The van der Waals surface area contributed by atoms with E-state index >= 15 is 0 Å². The minimum absolute atomic E-state index is 0. The van der Waals surface area contributed by atoms with Crippen LogP contribution in [-0.2, 0) is 13.3 Å². The molecule has 0 aliphatic rings. The molecule has 0 saturated carbocycles. The third-order valence-electron chi connectivity index (χ3n) is 1.02. The highest BCUT2D eigenvalue weighted by molar-refractivity contribution is 6.60. The molecule has 0 atom stereocenters. The lowest BCUT2D eigenvalue weighted by Gasteiger charge is -2.16. The Morgan fingerprint density at radius 2 is 0.913 bits per heavy atom. The molecule has 0 unspecified atom stereocenters. The smallest absolute Gasteiger partial charge is 0.432 e. The summed E-state index contributed by atoms with van der Waals surface area (Å²) in [5, 5.41) is 0. The van der Waals surface area contributed by atoms with Crippen LogP contribution < -0.4 is 0 Å². The van der Waals surface area contributed by atoms with E-state index in [0.29, 0.717) is 0 Å². The zero-order chi connectivity index (χ0) is 16.4. The predicted molar refractivity (Wildman–Crippen MR) is 97.9 cm³/mol. The Kier molecular flexibility index (Phi) is 45.6. The molecule has 0 amide bonds. The summed E-state index contributed by atoms with van der Waals surface area (Å²) in [4.78, 5) is 0. The SMILES string of the molecule is C=C(C)C.CC.CC#CO[Si](C)(OC#CC)OC#CC.O.O.O. The van der Waals surface area contributed by atoms with E-state index in [1.54, 1.807) is 27.3 Å². The normalized spacial score (nSPS) is 6.09. The van der Waals surface area contributed by atoms with E-state index in [1.807, 2.05) is 27.7 Å². The summed E-state index contributed by atoms with van der Waals surface area (Å²) in [6, 6.07) is 0. The quantitative estimate of drug-likeness (QED) is 0.438. The Hall–Kier alpha value is -2.08. The third kappa shape index (κ3) is 38.3. The molecule has 0 saturated heterocycles. The maximum atomic E-state index is 5.11. The molecular formula is C16H32O6Si. The Labute approximate surface area is 142 Å². The van der Waals surface area contributed by atoms with Gasteiger partial charge in [-0.2, -0.15) is 0 Å². The van der Waals surface area contributed by atoms with E-state index in [1.165, 1.54) is 5.57 Å². The first-order valence-corrected chi connectivity index (χ1v) is 8.55. The number of hydrogen-bond donors (Lipinski definition) is 0. The fourth-order valence-electron chi connectivity index (χ4n) is 0.494. The first-order valence-electron chi connectivity index (χ1n) is 6.33. The molecule has 6 nitrogen and oxygen atoms in total. The summed E-state index contributed by atoms with van der Waals surface area (Å²) < 4.78 is 15.3. The first-order chi connectivity index (χ1) is 9.41. The lowest BCUT2D eigenvalue weighted by Crippen LogP contribution is -2.38. The molecule has 0 aromatic carbocycles. The molecule has 0 aliphatic heterocycles. The highest BCUT2D eigenvalue weighted by atomic mass is 28.4. The molecule has 23 heavy (non-hydrogen) atoms. The van der Waals surface area contributed by atoms with E-state index in [9.17, 15) is 0 Å². The molecular weight excluding hydrogens is 316 g/mol. The largest absolute Gasteiger partial charge is 0.721 e. The maximum Gasteiger partial charge on any atom is 0.721 e. The molecule has 0 radical (unpaired) electrons. The van der Waals surface area contributed by atoms with Crippen LogP contribution in [0.1, 0.15) is 48.5 Å². The van der Waals surface area contributed by atoms with E-state index < -0.39 is 8.80 Å². The summed E-state index contributed by atoms with van der Waals surface area (Å²) >= 11 is 0. The van der Waals surface area contributed by atoms with Gasteiger partial charge in [0.15, 0.2) is 0 Å². The van der Waals surface area contributed by atoms with Gasteiger partial charge < -0.3 is 29.7 Å². The molecule has 0 aromatic heterocycles. The summed E-state index contributed by atoms with van der Waals surface area (Å²) in [6.45, 7) is 18.1. The molecule has 0 aromatic rings. The van der Waals surface area contributed by atoms with Crippen molar-refractivity contribution in [3.63, 3.8) is 0 Å². The Morgan fingerprint density at radius 1 is 0.739 bits per heavy atom. The van der Waals surface area contributed by atoms with Crippen molar-refractivity contribution in [2.75, 3.05) is 0 Å². The van der Waals surface area contributed by atoms with Crippen LogP contribution in [0.25, 0.3) is 0 Å². The predicted octanol–water partition coefficient (Wildman–Crippen LogP) is 1.68. The van der Waals surface area contributed by atoms with Crippen LogP contribution in [0.4, 0.5) is 0 Å². The number of hydrogen-bond acceptors (Lipinski definition) is 3. The van der Waals surface area contributed by atoms with E-state index in [-0.39, 0.29) is 16.4 Å². The van der Waals surface area contributed by atoms with Crippen molar-refractivity contribution in [3.05, 3.63) is 12.2 Å². The second kappa shape index (κ2) is 28.1. The molecule has 6 N–H and O–H groups in total. The van der Waals surface area contributed by atoms with Crippen molar-refractivity contribution < 1.29 is 29.7 Å². The van der Waals surface area contributed by atoms with Crippen LogP contribution in [0.15, 0.2) is 12.2 Å². The molecule has 136 valence electrons. The highest BCUT2D eigenvalue weighted by Crippen LogP contribution is 2.06. The van der Waals surface area contributed by atoms with Crippen LogP contribution in [-0.4, -0.2) is 25.2 Å². The van der Waals surface area contributed by atoms with E-state index in [2.05, 4.69) is 42.7 Å². The zero-order valence-corrected chi connectivity index (χ0v) is 16.4. The van der Waals surface area contributed by atoms with Gasteiger partial charge in [0.2, 0.25) is 0 Å². The van der Waals surface area contributed by atoms with Crippen molar-refractivity contribution in [2.45, 2.75) is 55.0 Å². The van der Waals surface area contributed by atoms with Gasteiger partial charge in [-0.05, 0) is 13.8 Å². The van der Waals surface area contributed by atoms with Gasteiger partial charge in [0.05, 0.1) is 18.3 Å². The Morgan fingerprint density at radius 3 is 1.04 bits per heavy atom. The second-order valence-electron chi connectivity index (χ2n) is 3.43. The standard InChI is InChI=1S/C10H12O3Si.C4H8.C2H6.3H2O/c1-5-8-11-14(4,12-9-6-2)13-10-7-3;1-4(2)3;1-2;;;/h1-4H3;1H2,2-3H3;1-2H3;3*1H2. The van der Waals surface area contributed by atoms with Gasteiger partial charge in [0.1, 0.15) is 0 Å². The highest BCUT2D eigenvalue weighted by Gasteiger charge is 2.41. The number of allylic oxidation sites excluding steroid dienone is 1.